The molecule has 6 rings (SSSR count). The number of carbonyl (C=O) groups excluding carboxylic acids is 1. The van der Waals surface area contributed by atoms with Gasteiger partial charge in [0.15, 0.2) is 0 Å². The van der Waals surface area contributed by atoms with Crippen molar-refractivity contribution in [1.29, 1.82) is 0 Å². The van der Waals surface area contributed by atoms with Gasteiger partial charge in [-0.25, -0.2) is 0 Å². The van der Waals surface area contributed by atoms with E-state index in [0.29, 0.717) is 23.0 Å². The lowest BCUT2D eigenvalue weighted by Gasteiger charge is -2.53. The van der Waals surface area contributed by atoms with E-state index in [4.69, 9.17) is 28.3 Å². The van der Waals surface area contributed by atoms with E-state index in [1.807, 2.05) is 68.4 Å². The lowest BCUT2D eigenvalue weighted by atomic mass is 9.67. The van der Waals surface area contributed by atoms with Crippen molar-refractivity contribution >= 4 is 51.9 Å². The topological polar surface area (TPSA) is 39.2 Å². The highest BCUT2D eigenvalue weighted by Gasteiger charge is 2.60. The van der Waals surface area contributed by atoms with E-state index < -0.39 is 5.41 Å². The Morgan fingerprint density at radius 2 is 1.69 bits per heavy atom. The number of fused-ring (bicyclic) bond motifs is 4. The number of amides is 1. The average Bonchev–Trinajstić information content (AvgIpc) is 3.10. The Kier molecular flexibility index (Phi) is 5.31. The van der Waals surface area contributed by atoms with Crippen LogP contribution >= 0.6 is 23.2 Å². The Morgan fingerprint density at radius 1 is 0.914 bits per heavy atom. The molecule has 0 saturated carbocycles. The number of nitrogens with zero attached hydrogens (tertiary/aromatic N) is 4. The van der Waals surface area contributed by atoms with Gasteiger partial charge in [0, 0.05) is 41.1 Å². The minimum atomic E-state index is -0.761. The second-order valence-electron chi connectivity index (χ2n) is 9.69. The van der Waals surface area contributed by atoms with Gasteiger partial charge >= 0.3 is 0 Å². The molecule has 3 aliphatic heterocycles. The first kappa shape index (κ1) is 22.4. The average molecular weight is 505 g/mol. The van der Waals surface area contributed by atoms with Crippen molar-refractivity contribution in [3.63, 3.8) is 0 Å². The number of carbonyl (C=O) groups is 1. The highest BCUT2D eigenvalue weighted by Crippen LogP contribution is 2.49. The summed E-state index contributed by atoms with van der Waals surface area (Å²) >= 11 is 12.7. The van der Waals surface area contributed by atoms with E-state index in [-0.39, 0.29) is 11.9 Å². The molecule has 5 nitrogen and oxygen atoms in total. The molecule has 3 aromatic carbocycles. The number of piperazine rings is 1. The van der Waals surface area contributed by atoms with Crippen LogP contribution in [0, 0.1) is 12.3 Å². The molecule has 1 fully saturated rings. The molecule has 0 radical (unpaired) electrons. The van der Waals surface area contributed by atoms with Crippen LogP contribution in [0.2, 0.25) is 10.0 Å². The molecule has 3 aromatic rings. The summed E-state index contributed by atoms with van der Waals surface area (Å²) in [6.07, 6.45) is 0.598. The number of anilines is 3. The van der Waals surface area contributed by atoms with E-state index in [9.17, 15) is 4.79 Å². The van der Waals surface area contributed by atoms with Gasteiger partial charge in [-0.2, -0.15) is 10.1 Å². The lowest BCUT2D eigenvalue weighted by Crippen LogP contribution is -2.67. The highest BCUT2D eigenvalue weighted by atomic mass is 35.5. The summed E-state index contributed by atoms with van der Waals surface area (Å²) in [6, 6.07) is 21.8. The minimum Gasteiger partial charge on any atom is -0.368 e. The van der Waals surface area contributed by atoms with Gasteiger partial charge in [0.25, 0.3) is 5.91 Å². The van der Waals surface area contributed by atoms with Gasteiger partial charge in [-0.1, -0.05) is 53.0 Å². The Labute approximate surface area is 215 Å². The number of rotatable bonds is 2. The third-order valence-corrected chi connectivity index (χ3v) is 8.17. The van der Waals surface area contributed by atoms with Crippen LogP contribution < -0.4 is 14.8 Å². The van der Waals surface area contributed by atoms with Crippen molar-refractivity contribution in [2.75, 3.05) is 34.4 Å². The zero-order valence-corrected chi connectivity index (χ0v) is 21.2. The molecule has 3 aliphatic rings. The number of halogens is 2. The Morgan fingerprint density at radius 3 is 2.46 bits per heavy atom. The third kappa shape index (κ3) is 3.52. The van der Waals surface area contributed by atoms with Crippen LogP contribution in [-0.2, 0) is 11.2 Å². The van der Waals surface area contributed by atoms with Crippen LogP contribution in [0.3, 0.4) is 0 Å². The summed E-state index contributed by atoms with van der Waals surface area (Å²) in [5.74, 6) is 0.0300. The van der Waals surface area contributed by atoms with Crippen LogP contribution in [-0.4, -0.2) is 37.3 Å². The first-order chi connectivity index (χ1) is 16.9. The molecule has 0 unspecified atom stereocenters. The van der Waals surface area contributed by atoms with E-state index in [2.05, 4.69) is 21.9 Å². The van der Waals surface area contributed by atoms with Crippen molar-refractivity contribution in [2.24, 2.45) is 10.5 Å². The molecule has 2 atom stereocenters. The predicted octanol–water partition coefficient (Wildman–Crippen LogP) is 5.96. The van der Waals surface area contributed by atoms with Crippen LogP contribution in [0.1, 0.15) is 18.1 Å². The second-order valence-corrected chi connectivity index (χ2v) is 10.6. The van der Waals surface area contributed by atoms with Crippen LogP contribution in [0.5, 0.6) is 0 Å². The largest absolute Gasteiger partial charge is 0.368 e. The van der Waals surface area contributed by atoms with Crippen LogP contribution in [0.4, 0.5) is 17.1 Å². The Bertz CT molecular complexity index is 1360. The molecule has 35 heavy (non-hydrogen) atoms. The molecular formula is C28H26Cl2N4O. The normalized spacial score (nSPS) is 23.4. The molecule has 0 aliphatic carbocycles. The van der Waals surface area contributed by atoms with Gasteiger partial charge < -0.3 is 9.80 Å². The fourth-order valence-electron chi connectivity index (χ4n) is 5.85. The van der Waals surface area contributed by atoms with Crippen molar-refractivity contribution in [2.45, 2.75) is 26.3 Å². The molecular weight excluding hydrogens is 479 g/mol. The summed E-state index contributed by atoms with van der Waals surface area (Å²) in [6.45, 7) is 6.33. The quantitative estimate of drug-likeness (QED) is 0.431. The number of hydrogen-bond acceptors (Lipinski definition) is 4. The first-order valence-electron chi connectivity index (χ1n) is 11.9. The maximum absolute atomic E-state index is 14.3. The fraction of sp³-hybridized carbons (Fsp3) is 0.286. The van der Waals surface area contributed by atoms with Gasteiger partial charge in [-0.3, -0.25) is 4.79 Å². The first-order valence-corrected chi connectivity index (χ1v) is 12.6. The van der Waals surface area contributed by atoms with Crippen molar-refractivity contribution in [3.8, 4) is 0 Å². The third-order valence-electron chi connectivity index (χ3n) is 7.70. The van der Waals surface area contributed by atoms with E-state index >= 15 is 0 Å². The predicted molar refractivity (Wildman–Crippen MR) is 144 cm³/mol. The molecule has 0 bridgehead atoms. The minimum absolute atomic E-state index is 0.0300. The monoisotopic (exact) mass is 504 g/mol. The molecule has 0 N–H and O–H groups in total. The van der Waals surface area contributed by atoms with E-state index in [1.54, 1.807) is 5.01 Å². The molecule has 0 aromatic heterocycles. The molecule has 7 heteroatoms. The van der Waals surface area contributed by atoms with E-state index in [0.717, 1.165) is 47.0 Å². The highest BCUT2D eigenvalue weighted by molar-refractivity contribution is 6.31. The standard InChI is InChI=1S/C28H26Cl2N4O/c1-18-6-10-23(11-7-18)34-27(35)28(19(2)31-34)16-20-8-9-22(30)15-25(20)33-13-12-32(17-26(28)33)24-5-3-4-21(29)14-24/h3-11,14-15,26H,12-13,16-17H2,1-2H3/t26-,28+/m1/s1. The van der Waals surface area contributed by atoms with Crippen molar-refractivity contribution < 1.29 is 4.79 Å². The fourth-order valence-corrected chi connectivity index (χ4v) is 6.20. The lowest BCUT2D eigenvalue weighted by molar-refractivity contribution is -0.125. The number of benzene rings is 3. The zero-order chi connectivity index (χ0) is 24.3. The maximum atomic E-state index is 14.3. The SMILES string of the molecule is CC1=NN(c2ccc(C)cc2)C(=O)[C@@]12Cc1ccc(Cl)cc1N1CCN(c3cccc(Cl)c3)C[C@@H]12. The van der Waals surface area contributed by atoms with Crippen LogP contribution in [0.25, 0.3) is 0 Å². The van der Waals surface area contributed by atoms with E-state index in [1.165, 1.54) is 0 Å². The van der Waals surface area contributed by atoms with Gasteiger partial charge in [0.05, 0.1) is 17.4 Å². The van der Waals surface area contributed by atoms with Gasteiger partial charge in [-0.15, -0.1) is 0 Å². The summed E-state index contributed by atoms with van der Waals surface area (Å²) in [4.78, 5) is 19.0. The molecule has 3 heterocycles. The van der Waals surface area contributed by atoms with Crippen LogP contribution in [0.15, 0.2) is 71.8 Å². The van der Waals surface area contributed by atoms with Gasteiger partial charge in [-0.05, 0) is 68.3 Å². The second kappa shape index (κ2) is 8.28. The summed E-state index contributed by atoms with van der Waals surface area (Å²) < 4.78 is 0. The summed E-state index contributed by atoms with van der Waals surface area (Å²) in [5.41, 5.74) is 5.36. The summed E-state index contributed by atoms with van der Waals surface area (Å²) in [7, 11) is 0. The zero-order valence-electron chi connectivity index (χ0n) is 19.7. The molecule has 1 saturated heterocycles. The molecule has 1 amide bonds. The molecule has 1 spiro atoms. The Balaban J connectivity index is 1.45. The number of hydrazone groups is 1. The summed E-state index contributed by atoms with van der Waals surface area (Å²) in [5, 5.41) is 7.87. The van der Waals surface area contributed by atoms with Gasteiger partial charge in [0.1, 0.15) is 5.41 Å². The van der Waals surface area contributed by atoms with Crippen molar-refractivity contribution in [1.82, 2.24) is 0 Å². The Hall–Kier alpha value is -3.02. The number of aryl methyl sites for hydroxylation is 1. The molecule has 178 valence electrons. The maximum Gasteiger partial charge on any atom is 0.261 e. The smallest absolute Gasteiger partial charge is 0.261 e. The number of hydrogen-bond donors (Lipinski definition) is 0. The van der Waals surface area contributed by atoms with Gasteiger partial charge in [0.2, 0.25) is 0 Å². The van der Waals surface area contributed by atoms with Crippen molar-refractivity contribution in [3.05, 3.63) is 87.9 Å².